The van der Waals surface area contributed by atoms with Gasteiger partial charge in [0, 0.05) is 62.6 Å². The number of anilines is 3. The standard InChI is InChI=1S/C30H37N7O4S.C2HF3O2/c1-40-28-7-5-4-6-25(28)27-11-9-24-21-31-30(33-37(24)27)32-26-10-8-23(20-29(26)41-2)34-14-12-22(13-15-34)35-16-18-36(19-17-35)42(3,38)39;3-2(4,5)1(6)7/h4-11,20-22H,12-19H2,1-3H3,(H,32,33);(H,6,7). The number of hydrogen-bond acceptors (Lipinski definition) is 10. The number of nitrogens with zero attached hydrogens (tertiary/aromatic N) is 6. The zero-order valence-electron chi connectivity index (χ0n) is 27.2. The van der Waals surface area contributed by atoms with E-state index < -0.39 is 22.2 Å². The largest absolute Gasteiger partial charge is 0.496 e. The molecule has 2 aliphatic rings. The van der Waals surface area contributed by atoms with Gasteiger partial charge in [0.2, 0.25) is 16.0 Å². The molecule has 13 nitrogen and oxygen atoms in total. The average Bonchev–Trinajstić information content (AvgIpc) is 3.51. The van der Waals surface area contributed by atoms with Gasteiger partial charge in [-0.25, -0.2) is 22.7 Å². The summed E-state index contributed by atoms with van der Waals surface area (Å²) in [5, 5.41) is 15.2. The number of aromatic nitrogens is 3. The number of carbonyl (C=O) groups is 1. The number of carboxylic acids is 1. The number of piperidine rings is 1. The van der Waals surface area contributed by atoms with Crippen molar-refractivity contribution in [3.8, 4) is 22.8 Å². The maximum atomic E-state index is 11.9. The SMILES string of the molecule is COc1cc(N2CCC(N3CCN(S(C)(=O)=O)CC3)CC2)ccc1Nc1ncc2ccc(-c3ccccc3OC)n2n1.O=C(O)C(F)(F)F. The molecule has 0 bridgehead atoms. The Morgan fingerprint density at radius 3 is 2.20 bits per heavy atom. The van der Waals surface area contributed by atoms with Crippen molar-refractivity contribution in [2.24, 2.45) is 0 Å². The summed E-state index contributed by atoms with van der Waals surface area (Å²) in [7, 11) is 0.225. The quantitative estimate of drug-likeness (QED) is 0.271. The van der Waals surface area contributed by atoms with Gasteiger partial charge in [-0.15, -0.1) is 5.10 Å². The molecule has 2 saturated heterocycles. The molecule has 0 radical (unpaired) electrons. The third kappa shape index (κ3) is 8.52. The summed E-state index contributed by atoms with van der Waals surface area (Å²) in [4.78, 5) is 18.3. The normalized spacial score (nSPS) is 16.6. The van der Waals surface area contributed by atoms with Crippen LogP contribution in [-0.4, -0.2) is 115 Å². The third-order valence-corrected chi connectivity index (χ3v) is 9.85. The van der Waals surface area contributed by atoms with Crippen LogP contribution in [0.3, 0.4) is 0 Å². The number of hydrogen-bond donors (Lipinski definition) is 2. The van der Waals surface area contributed by atoms with Gasteiger partial charge in [-0.05, 0) is 49.2 Å². The summed E-state index contributed by atoms with van der Waals surface area (Å²) in [6, 6.07) is 18.5. The minimum absolute atomic E-state index is 0.456. The van der Waals surface area contributed by atoms with Gasteiger partial charge in [0.25, 0.3) is 0 Å². The summed E-state index contributed by atoms with van der Waals surface area (Å²) < 4.78 is 70.2. The van der Waals surface area contributed by atoms with Crippen LogP contribution in [0.25, 0.3) is 16.8 Å². The predicted octanol–water partition coefficient (Wildman–Crippen LogP) is 4.34. The van der Waals surface area contributed by atoms with Gasteiger partial charge in [0.05, 0.1) is 43.6 Å². The number of halogens is 3. The second kappa shape index (κ2) is 14.9. The number of rotatable bonds is 8. The molecule has 4 aromatic rings. The van der Waals surface area contributed by atoms with Crippen LogP contribution in [0.4, 0.5) is 30.5 Å². The molecule has 4 heterocycles. The number of methoxy groups -OCH3 is 2. The molecule has 0 aliphatic carbocycles. The molecule has 0 spiro atoms. The van der Waals surface area contributed by atoms with Crippen LogP contribution in [0.1, 0.15) is 12.8 Å². The lowest BCUT2D eigenvalue weighted by molar-refractivity contribution is -0.192. The third-order valence-electron chi connectivity index (χ3n) is 8.54. The monoisotopic (exact) mass is 705 g/mol. The first-order valence-electron chi connectivity index (χ1n) is 15.5. The van der Waals surface area contributed by atoms with Gasteiger partial charge in [0.15, 0.2) is 0 Å². The number of fused-ring (bicyclic) bond motifs is 1. The van der Waals surface area contributed by atoms with Crippen molar-refractivity contribution in [1.29, 1.82) is 0 Å². The highest BCUT2D eigenvalue weighted by molar-refractivity contribution is 7.88. The Balaban J connectivity index is 0.000000606. The highest BCUT2D eigenvalue weighted by Crippen LogP contribution is 2.34. The van der Waals surface area contributed by atoms with Gasteiger partial charge < -0.3 is 24.8 Å². The lowest BCUT2D eigenvalue weighted by Gasteiger charge is -2.42. The number of ether oxygens (including phenoxy) is 2. The molecule has 264 valence electrons. The van der Waals surface area contributed by atoms with Crippen molar-refractivity contribution in [2.45, 2.75) is 25.1 Å². The van der Waals surface area contributed by atoms with Gasteiger partial charge in [-0.3, -0.25) is 4.90 Å². The van der Waals surface area contributed by atoms with Gasteiger partial charge in [-0.1, -0.05) is 12.1 Å². The highest BCUT2D eigenvalue weighted by Gasteiger charge is 2.38. The van der Waals surface area contributed by atoms with E-state index in [-0.39, 0.29) is 0 Å². The molecule has 49 heavy (non-hydrogen) atoms. The molecule has 0 saturated carbocycles. The summed E-state index contributed by atoms with van der Waals surface area (Å²) in [6.45, 7) is 4.62. The fourth-order valence-corrected chi connectivity index (χ4v) is 6.84. The minimum Gasteiger partial charge on any atom is -0.496 e. The smallest absolute Gasteiger partial charge is 0.490 e. The second-order valence-corrected chi connectivity index (χ2v) is 13.5. The highest BCUT2D eigenvalue weighted by atomic mass is 32.2. The molecule has 2 aliphatic heterocycles. The molecule has 2 aromatic carbocycles. The maximum absolute atomic E-state index is 11.9. The number of sulfonamides is 1. The number of carboxylic acid groups (broad SMARTS) is 1. The summed E-state index contributed by atoms with van der Waals surface area (Å²) in [6.07, 6.45) is 0.0879. The molecule has 2 aromatic heterocycles. The summed E-state index contributed by atoms with van der Waals surface area (Å²) in [5.41, 5.74) is 4.63. The van der Waals surface area contributed by atoms with E-state index in [1.165, 1.54) is 6.26 Å². The first-order chi connectivity index (χ1) is 23.3. The van der Waals surface area contributed by atoms with Crippen molar-refractivity contribution in [3.63, 3.8) is 0 Å². The van der Waals surface area contributed by atoms with Crippen LogP contribution >= 0.6 is 0 Å². The van der Waals surface area contributed by atoms with Crippen molar-refractivity contribution < 1.29 is 41.0 Å². The Morgan fingerprint density at radius 2 is 1.59 bits per heavy atom. The minimum atomic E-state index is -5.08. The molecule has 2 N–H and O–H groups in total. The fraction of sp³-hybridized carbons (Fsp3) is 0.406. The van der Waals surface area contributed by atoms with Gasteiger partial charge in [-0.2, -0.15) is 17.5 Å². The lowest BCUT2D eigenvalue weighted by atomic mass is 10.0. The number of piperazine rings is 1. The Morgan fingerprint density at radius 1 is 0.939 bits per heavy atom. The molecular weight excluding hydrogens is 667 g/mol. The van der Waals surface area contributed by atoms with Crippen LogP contribution < -0.4 is 19.7 Å². The second-order valence-electron chi connectivity index (χ2n) is 11.6. The Kier molecular flexibility index (Phi) is 10.8. The molecule has 0 unspecified atom stereocenters. The molecule has 6 rings (SSSR count). The molecular formula is C32H38F3N7O6S. The Bertz CT molecular complexity index is 1870. The van der Waals surface area contributed by atoms with Crippen LogP contribution in [0, 0.1) is 0 Å². The fourth-order valence-electron chi connectivity index (χ4n) is 6.01. The zero-order valence-corrected chi connectivity index (χ0v) is 28.0. The molecule has 0 atom stereocenters. The predicted molar refractivity (Wildman–Crippen MR) is 178 cm³/mol. The Hall–Kier alpha value is -4.61. The van der Waals surface area contributed by atoms with Gasteiger partial charge in [0.1, 0.15) is 11.5 Å². The van der Waals surface area contributed by atoms with Crippen molar-refractivity contribution in [2.75, 3.05) is 70.0 Å². The van der Waals surface area contributed by atoms with E-state index in [2.05, 4.69) is 32.2 Å². The average molecular weight is 706 g/mol. The van der Waals surface area contributed by atoms with Crippen molar-refractivity contribution in [3.05, 3.63) is 60.8 Å². The Labute approximate surface area is 281 Å². The molecule has 0 amide bonds. The van der Waals surface area contributed by atoms with Crippen molar-refractivity contribution >= 4 is 38.8 Å². The van der Waals surface area contributed by atoms with Gasteiger partial charge >= 0.3 is 12.1 Å². The van der Waals surface area contributed by atoms with Crippen molar-refractivity contribution in [1.82, 2.24) is 23.8 Å². The first kappa shape index (κ1) is 35.7. The number of alkyl halides is 3. The number of nitrogens with one attached hydrogen (secondary N) is 1. The van der Waals surface area contributed by atoms with Crippen LogP contribution in [0.15, 0.2) is 60.8 Å². The van der Waals surface area contributed by atoms with Crippen LogP contribution in [-0.2, 0) is 14.8 Å². The van der Waals surface area contributed by atoms with E-state index in [0.717, 1.165) is 72.9 Å². The summed E-state index contributed by atoms with van der Waals surface area (Å²) >= 11 is 0. The van der Waals surface area contributed by atoms with E-state index in [0.29, 0.717) is 30.8 Å². The first-order valence-corrected chi connectivity index (χ1v) is 17.3. The lowest BCUT2D eigenvalue weighted by Crippen LogP contribution is -2.54. The van der Waals surface area contributed by atoms with E-state index in [4.69, 9.17) is 24.5 Å². The summed E-state index contributed by atoms with van der Waals surface area (Å²) in [5.74, 6) is -0.806. The van der Waals surface area contributed by atoms with E-state index in [1.54, 1.807) is 24.7 Å². The zero-order chi connectivity index (χ0) is 35.3. The van der Waals surface area contributed by atoms with E-state index >= 15 is 0 Å². The molecule has 17 heteroatoms. The van der Waals surface area contributed by atoms with E-state index in [1.807, 2.05) is 47.0 Å². The van der Waals surface area contributed by atoms with Crippen LogP contribution in [0.5, 0.6) is 11.5 Å². The number of aliphatic carboxylic acids is 1. The number of para-hydroxylation sites is 1. The topological polar surface area (TPSA) is 142 Å². The molecule has 2 fully saturated rings. The number of benzene rings is 2. The van der Waals surface area contributed by atoms with Crippen LogP contribution in [0.2, 0.25) is 0 Å². The van der Waals surface area contributed by atoms with E-state index in [9.17, 15) is 21.6 Å². The maximum Gasteiger partial charge on any atom is 0.490 e.